The van der Waals surface area contributed by atoms with Crippen LogP contribution in [0.1, 0.15) is 39.5 Å². The normalized spacial score (nSPS) is 22.1. The molecule has 0 aromatic rings. The first kappa shape index (κ1) is 13.2. The molecule has 1 fully saturated rings. The second-order valence-electron chi connectivity index (χ2n) is 4.75. The van der Waals surface area contributed by atoms with Crippen molar-refractivity contribution in [2.75, 3.05) is 13.7 Å². The molecule has 1 unspecified atom stereocenters. The third-order valence-corrected chi connectivity index (χ3v) is 3.28. The monoisotopic (exact) mass is 225 g/mol. The van der Waals surface area contributed by atoms with E-state index in [-0.39, 0.29) is 5.97 Å². The number of hydrogen-bond donors (Lipinski definition) is 0. The number of likely N-dealkylation sites (tertiary alicyclic amines) is 1. The van der Waals surface area contributed by atoms with Gasteiger partial charge in [0.15, 0.2) is 0 Å². The van der Waals surface area contributed by atoms with E-state index >= 15 is 0 Å². The summed E-state index contributed by atoms with van der Waals surface area (Å²) < 4.78 is 4.69. The van der Waals surface area contributed by atoms with Gasteiger partial charge in [-0.2, -0.15) is 0 Å². The molecule has 0 spiro atoms. The van der Waals surface area contributed by atoms with Gasteiger partial charge in [-0.25, -0.2) is 0 Å². The van der Waals surface area contributed by atoms with Crippen molar-refractivity contribution in [3.63, 3.8) is 0 Å². The van der Waals surface area contributed by atoms with Gasteiger partial charge in [0.2, 0.25) is 0 Å². The van der Waals surface area contributed by atoms with Gasteiger partial charge in [-0.1, -0.05) is 13.0 Å². The predicted molar refractivity (Wildman–Crippen MR) is 65.3 cm³/mol. The molecule has 1 rings (SSSR count). The topological polar surface area (TPSA) is 29.5 Å². The van der Waals surface area contributed by atoms with Crippen LogP contribution in [0.2, 0.25) is 0 Å². The van der Waals surface area contributed by atoms with Crippen LogP contribution in [0, 0.1) is 0 Å². The van der Waals surface area contributed by atoms with Crippen molar-refractivity contribution in [2.24, 2.45) is 0 Å². The van der Waals surface area contributed by atoms with Gasteiger partial charge in [0.25, 0.3) is 0 Å². The Kier molecular flexibility index (Phi) is 5.00. The highest BCUT2D eigenvalue weighted by molar-refractivity contribution is 5.72. The highest BCUT2D eigenvalue weighted by Crippen LogP contribution is 2.25. The number of hydrogen-bond acceptors (Lipinski definition) is 3. The molecule has 0 aromatic heterocycles. The van der Waals surface area contributed by atoms with E-state index in [1.54, 1.807) is 0 Å². The second kappa shape index (κ2) is 6.04. The molecule has 3 heteroatoms. The van der Waals surface area contributed by atoms with E-state index in [0.29, 0.717) is 18.5 Å². The van der Waals surface area contributed by atoms with Gasteiger partial charge < -0.3 is 4.74 Å². The standard InChI is InChI=1S/C13H23NO2/c1-10(2)14-8-6-5-7-12(14)11(3)9-13(15)16-4/h10,12H,3,5-9H2,1-2,4H3. The third kappa shape index (κ3) is 3.34. The zero-order valence-corrected chi connectivity index (χ0v) is 10.7. The van der Waals surface area contributed by atoms with Crippen molar-refractivity contribution in [3.8, 4) is 0 Å². The zero-order chi connectivity index (χ0) is 12.1. The molecule has 1 saturated heterocycles. The van der Waals surface area contributed by atoms with E-state index in [4.69, 9.17) is 0 Å². The summed E-state index contributed by atoms with van der Waals surface area (Å²) in [6, 6.07) is 0.868. The fourth-order valence-electron chi connectivity index (χ4n) is 2.39. The number of esters is 1. The fraction of sp³-hybridized carbons (Fsp3) is 0.769. The van der Waals surface area contributed by atoms with Crippen LogP contribution in [0.4, 0.5) is 0 Å². The molecule has 0 saturated carbocycles. The fourth-order valence-corrected chi connectivity index (χ4v) is 2.39. The molecule has 1 aliphatic heterocycles. The van der Waals surface area contributed by atoms with Crippen LogP contribution < -0.4 is 0 Å². The van der Waals surface area contributed by atoms with E-state index < -0.39 is 0 Å². The van der Waals surface area contributed by atoms with Crippen LogP contribution in [-0.2, 0) is 9.53 Å². The van der Waals surface area contributed by atoms with Gasteiger partial charge in [-0.3, -0.25) is 9.69 Å². The Hall–Kier alpha value is -0.830. The van der Waals surface area contributed by atoms with E-state index in [0.717, 1.165) is 18.5 Å². The van der Waals surface area contributed by atoms with Gasteiger partial charge in [0.05, 0.1) is 13.5 Å². The average molecular weight is 225 g/mol. The SMILES string of the molecule is C=C(CC(=O)OC)C1CCCCN1C(C)C. The molecule has 0 N–H and O–H groups in total. The van der Waals surface area contributed by atoms with Crippen LogP contribution in [0.3, 0.4) is 0 Å². The van der Waals surface area contributed by atoms with Crippen LogP contribution in [0.25, 0.3) is 0 Å². The highest BCUT2D eigenvalue weighted by atomic mass is 16.5. The Morgan fingerprint density at radius 2 is 2.19 bits per heavy atom. The van der Waals surface area contributed by atoms with Gasteiger partial charge in [-0.15, -0.1) is 0 Å². The molecule has 0 amide bonds. The summed E-state index contributed by atoms with van der Waals surface area (Å²) in [7, 11) is 1.43. The lowest BCUT2D eigenvalue weighted by Gasteiger charge is -2.39. The highest BCUT2D eigenvalue weighted by Gasteiger charge is 2.27. The Bertz CT molecular complexity index is 261. The molecule has 1 atom stereocenters. The molecule has 0 aliphatic carbocycles. The van der Waals surface area contributed by atoms with Crippen molar-refractivity contribution < 1.29 is 9.53 Å². The average Bonchev–Trinajstić information content (AvgIpc) is 2.28. The van der Waals surface area contributed by atoms with Crippen molar-refractivity contribution in [3.05, 3.63) is 12.2 Å². The first-order valence-electron chi connectivity index (χ1n) is 6.06. The van der Waals surface area contributed by atoms with Crippen LogP contribution >= 0.6 is 0 Å². The summed E-state index contributed by atoms with van der Waals surface area (Å²) in [5.41, 5.74) is 1.00. The number of carbonyl (C=O) groups is 1. The minimum Gasteiger partial charge on any atom is -0.469 e. The predicted octanol–water partition coefficient (Wildman–Crippen LogP) is 2.37. The number of ether oxygens (including phenoxy) is 1. The van der Waals surface area contributed by atoms with Crippen LogP contribution in [-0.4, -0.2) is 36.6 Å². The van der Waals surface area contributed by atoms with Gasteiger partial charge >= 0.3 is 5.97 Å². The second-order valence-corrected chi connectivity index (χ2v) is 4.75. The smallest absolute Gasteiger partial charge is 0.309 e. The molecule has 16 heavy (non-hydrogen) atoms. The first-order valence-corrected chi connectivity index (χ1v) is 6.06. The summed E-state index contributed by atoms with van der Waals surface area (Å²) in [5, 5.41) is 0. The molecule has 0 radical (unpaired) electrons. The molecule has 1 aliphatic rings. The summed E-state index contributed by atoms with van der Waals surface area (Å²) in [4.78, 5) is 13.7. The van der Waals surface area contributed by atoms with Crippen LogP contribution in [0.5, 0.6) is 0 Å². The van der Waals surface area contributed by atoms with Crippen molar-refractivity contribution in [1.29, 1.82) is 0 Å². The quantitative estimate of drug-likeness (QED) is 0.543. The Balaban J connectivity index is 2.60. The third-order valence-electron chi connectivity index (χ3n) is 3.28. The zero-order valence-electron chi connectivity index (χ0n) is 10.7. The maximum Gasteiger partial charge on any atom is 0.309 e. The van der Waals surface area contributed by atoms with Crippen LogP contribution in [0.15, 0.2) is 12.2 Å². The summed E-state index contributed by atoms with van der Waals surface area (Å²) >= 11 is 0. The largest absolute Gasteiger partial charge is 0.469 e. The lowest BCUT2D eigenvalue weighted by atomic mass is 9.93. The lowest BCUT2D eigenvalue weighted by molar-refractivity contribution is -0.140. The van der Waals surface area contributed by atoms with E-state index in [2.05, 4.69) is 30.1 Å². The van der Waals surface area contributed by atoms with Crippen molar-refractivity contribution in [1.82, 2.24) is 4.90 Å². The molecule has 92 valence electrons. The minimum absolute atomic E-state index is 0.181. The number of rotatable bonds is 4. The van der Waals surface area contributed by atoms with Gasteiger partial charge in [-0.05, 0) is 38.8 Å². The molecule has 3 nitrogen and oxygen atoms in total. The lowest BCUT2D eigenvalue weighted by Crippen LogP contribution is -2.45. The first-order chi connectivity index (χ1) is 7.56. The minimum atomic E-state index is -0.181. The Morgan fingerprint density at radius 1 is 1.50 bits per heavy atom. The summed E-state index contributed by atoms with van der Waals surface area (Å²) in [6.07, 6.45) is 3.95. The Morgan fingerprint density at radius 3 is 2.75 bits per heavy atom. The summed E-state index contributed by atoms with van der Waals surface area (Å²) in [6.45, 7) is 9.57. The van der Waals surface area contributed by atoms with E-state index in [1.807, 2.05) is 0 Å². The number of carbonyl (C=O) groups excluding carboxylic acids is 1. The van der Waals surface area contributed by atoms with Crippen molar-refractivity contribution in [2.45, 2.75) is 51.6 Å². The van der Waals surface area contributed by atoms with Gasteiger partial charge in [0.1, 0.15) is 0 Å². The molecule has 1 heterocycles. The molecular formula is C13H23NO2. The van der Waals surface area contributed by atoms with Gasteiger partial charge in [0, 0.05) is 12.1 Å². The number of methoxy groups -OCH3 is 1. The molecule has 0 bridgehead atoms. The maximum atomic E-state index is 11.2. The van der Waals surface area contributed by atoms with Crippen molar-refractivity contribution >= 4 is 5.97 Å². The molecule has 0 aromatic carbocycles. The summed E-state index contributed by atoms with van der Waals surface area (Å²) in [5.74, 6) is -0.181. The van der Waals surface area contributed by atoms with E-state index in [9.17, 15) is 4.79 Å². The number of nitrogens with zero attached hydrogens (tertiary/aromatic N) is 1. The number of piperidine rings is 1. The Labute approximate surface area is 98.5 Å². The molecular weight excluding hydrogens is 202 g/mol. The van der Waals surface area contributed by atoms with E-state index in [1.165, 1.54) is 20.0 Å². The maximum absolute atomic E-state index is 11.2.